The van der Waals surface area contributed by atoms with Gasteiger partial charge in [0.25, 0.3) is 5.56 Å². The fourth-order valence-corrected chi connectivity index (χ4v) is 4.56. The zero-order valence-corrected chi connectivity index (χ0v) is 15.1. The van der Waals surface area contributed by atoms with Crippen molar-refractivity contribution in [1.29, 1.82) is 0 Å². The van der Waals surface area contributed by atoms with Crippen LogP contribution in [-0.2, 0) is 6.54 Å². The van der Waals surface area contributed by atoms with Gasteiger partial charge in [0.05, 0.1) is 18.3 Å². The fraction of sp³-hybridized carbons (Fsp3) is 0.158. The first-order valence-electron chi connectivity index (χ1n) is 7.70. The first-order chi connectivity index (χ1) is 11.6. The number of nitrogens with zero attached hydrogens (tertiary/aromatic N) is 2. The second-order valence-corrected chi connectivity index (χ2v) is 7.80. The van der Waals surface area contributed by atoms with Crippen LogP contribution in [0.15, 0.2) is 52.2 Å². The van der Waals surface area contributed by atoms with E-state index in [2.05, 4.69) is 37.0 Å². The quantitative estimate of drug-likeness (QED) is 0.528. The summed E-state index contributed by atoms with van der Waals surface area (Å²) in [5, 5.41) is 4.80. The van der Waals surface area contributed by atoms with E-state index in [0.29, 0.717) is 6.54 Å². The first-order valence-corrected chi connectivity index (χ1v) is 9.46. The van der Waals surface area contributed by atoms with E-state index in [1.807, 2.05) is 22.9 Å². The topological polar surface area (TPSA) is 34.9 Å². The van der Waals surface area contributed by atoms with Crippen molar-refractivity contribution in [3.63, 3.8) is 0 Å². The molecular weight excluding hydrogens is 336 g/mol. The lowest BCUT2D eigenvalue weighted by Crippen LogP contribution is -2.20. The van der Waals surface area contributed by atoms with Gasteiger partial charge >= 0.3 is 0 Å². The van der Waals surface area contributed by atoms with E-state index in [4.69, 9.17) is 0 Å². The zero-order chi connectivity index (χ0) is 16.7. The number of aryl methyl sites for hydroxylation is 2. The van der Waals surface area contributed by atoms with Crippen molar-refractivity contribution in [3.8, 4) is 11.1 Å². The minimum Gasteiger partial charge on any atom is -0.293 e. The molecule has 0 radical (unpaired) electrons. The molecule has 0 bridgehead atoms. The molecule has 0 N–H and O–H groups in total. The average Bonchev–Trinajstić information content (AvgIpc) is 3.20. The fourth-order valence-electron chi connectivity index (χ4n) is 2.96. The van der Waals surface area contributed by atoms with Gasteiger partial charge in [-0.15, -0.1) is 22.7 Å². The summed E-state index contributed by atoms with van der Waals surface area (Å²) in [5.74, 6) is 0. The van der Waals surface area contributed by atoms with Crippen molar-refractivity contribution in [2.45, 2.75) is 20.4 Å². The Morgan fingerprint density at radius 3 is 2.75 bits per heavy atom. The van der Waals surface area contributed by atoms with Crippen LogP contribution in [0.2, 0.25) is 0 Å². The van der Waals surface area contributed by atoms with Crippen molar-refractivity contribution in [3.05, 3.63) is 73.8 Å². The molecule has 0 aliphatic carbocycles. The number of aromatic nitrogens is 2. The van der Waals surface area contributed by atoms with Gasteiger partial charge in [0, 0.05) is 15.8 Å². The van der Waals surface area contributed by atoms with Crippen molar-refractivity contribution in [2.75, 3.05) is 0 Å². The van der Waals surface area contributed by atoms with Crippen LogP contribution in [0.3, 0.4) is 0 Å². The molecule has 4 aromatic rings. The molecule has 0 unspecified atom stereocenters. The average molecular weight is 352 g/mol. The molecule has 5 heteroatoms. The van der Waals surface area contributed by atoms with Crippen molar-refractivity contribution in [2.24, 2.45) is 0 Å². The van der Waals surface area contributed by atoms with Crippen LogP contribution in [0.1, 0.15) is 16.0 Å². The smallest absolute Gasteiger partial charge is 0.263 e. The normalized spacial score (nSPS) is 11.2. The van der Waals surface area contributed by atoms with E-state index < -0.39 is 0 Å². The highest BCUT2D eigenvalue weighted by Gasteiger charge is 2.15. The lowest BCUT2D eigenvalue weighted by atomic mass is 9.99. The highest BCUT2D eigenvalue weighted by atomic mass is 32.1. The molecule has 0 saturated heterocycles. The summed E-state index contributed by atoms with van der Waals surface area (Å²) < 4.78 is 1.70. The van der Waals surface area contributed by atoms with Crippen LogP contribution in [0.4, 0.5) is 0 Å². The molecule has 0 atom stereocenters. The van der Waals surface area contributed by atoms with Gasteiger partial charge in [0.15, 0.2) is 0 Å². The molecule has 3 nitrogen and oxygen atoms in total. The van der Waals surface area contributed by atoms with E-state index in [1.54, 1.807) is 22.2 Å². The minimum atomic E-state index is 0.0321. The van der Waals surface area contributed by atoms with Crippen LogP contribution < -0.4 is 5.56 Å². The second-order valence-electron chi connectivity index (χ2n) is 5.90. The Morgan fingerprint density at radius 1 is 1.12 bits per heavy atom. The Hall–Kier alpha value is -2.24. The van der Waals surface area contributed by atoms with E-state index in [-0.39, 0.29) is 5.56 Å². The van der Waals surface area contributed by atoms with E-state index >= 15 is 0 Å². The number of hydrogen-bond donors (Lipinski definition) is 0. The van der Waals surface area contributed by atoms with Gasteiger partial charge in [0.1, 0.15) is 4.83 Å². The van der Waals surface area contributed by atoms with Crippen molar-refractivity contribution in [1.82, 2.24) is 9.55 Å². The summed E-state index contributed by atoms with van der Waals surface area (Å²) in [5.41, 5.74) is 4.54. The predicted octanol–water partition coefficient (Wildman–Crippen LogP) is 4.85. The molecule has 120 valence electrons. The molecule has 0 aliphatic rings. The van der Waals surface area contributed by atoms with Gasteiger partial charge in [-0.05, 0) is 36.4 Å². The molecule has 3 heterocycles. The molecule has 0 amide bonds. The van der Waals surface area contributed by atoms with E-state index in [0.717, 1.165) is 26.2 Å². The highest BCUT2D eigenvalue weighted by Crippen LogP contribution is 2.33. The molecule has 0 saturated carbocycles. The number of fused-ring (bicyclic) bond motifs is 1. The van der Waals surface area contributed by atoms with Gasteiger partial charge in [0.2, 0.25) is 0 Å². The van der Waals surface area contributed by atoms with Gasteiger partial charge in [-0.25, -0.2) is 4.98 Å². The number of hydrogen-bond acceptors (Lipinski definition) is 4. The lowest BCUT2D eigenvalue weighted by molar-refractivity contribution is 0.759. The molecule has 1 aromatic carbocycles. The van der Waals surface area contributed by atoms with E-state index in [1.165, 1.54) is 22.5 Å². The maximum atomic E-state index is 13.0. The molecular formula is C19H16N2OS2. The summed E-state index contributed by atoms with van der Waals surface area (Å²) in [6, 6.07) is 10.4. The molecule has 0 fully saturated rings. The monoisotopic (exact) mass is 352 g/mol. The third kappa shape index (κ3) is 2.60. The number of thiophene rings is 2. The van der Waals surface area contributed by atoms with Crippen molar-refractivity contribution < 1.29 is 0 Å². The maximum Gasteiger partial charge on any atom is 0.263 e. The molecule has 24 heavy (non-hydrogen) atoms. The second kappa shape index (κ2) is 6.00. The molecule has 0 aliphatic heterocycles. The van der Waals surface area contributed by atoms with Crippen LogP contribution in [0, 0.1) is 13.8 Å². The summed E-state index contributed by atoms with van der Waals surface area (Å²) in [4.78, 5) is 19.5. The standard InChI is InChI=1S/C19H16N2OS2/c1-12-5-6-15(13(2)8-12)16-10-24-18-17(16)19(22)21(11-20-18)9-14-4-3-7-23-14/h3-8,10-11H,9H2,1-2H3. The summed E-state index contributed by atoms with van der Waals surface area (Å²) >= 11 is 3.18. The minimum absolute atomic E-state index is 0.0321. The van der Waals surface area contributed by atoms with Gasteiger partial charge in [-0.1, -0.05) is 29.8 Å². The van der Waals surface area contributed by atoms with Gasteiger partial charge < -0.3 is 0 Å². The predicted molar refractivity (Wildman–Crippen MR) is 102 cm³/mol. The van der Waals surface area contributed by atoms with Crippen molar-refractivity contribution >= 4 is 32.9 Å². The number of rotatable bonds is 3. The Balaban J connectivity index is 1.90. The lowest BCUT2D eigenvalue weighted by Gasteiger charge is -2.07. The SMILES string of the molecule is Cc1ccc(-c2csc3ncn(Cc4cccs4)c(=O)c23)c(C)c1. The van der Waals surface area contributed by atoms with Gasteiger partial charge in [-0.2, -0.15) is 0 Å². The third-order valence-corrected chi connectivity index (χ3v) is 5.89. The van der Waals surface area contributed by atoms with Crippen LogP contribution >= 0.6 is 22.7 Å². The van der Waals surface area contributed by atoms with Crippen LogP contribution in [0.5, 0.6) is 0 Å². The van der Waals surface area contributed by atoms with Crippen LogP contribution in [-0.4, -0.2) is 9.55 Å². The third-order valence-electron chi connectivity index (χ3n) is 4.14. The Morgan fingerprint density at radius 2 is 2.00 bits per heavy atom. The maximum absolute atomic E-state index is 13.0. The molecule has 0 spiro atoms. The molecule has 3 aromatic heterocycles. The van der Waals surface area contributed by atoms with Gasteiger partial charge in [-0.3, -0.25) is 9.36 Å². The Labute approximate surface area is 147 Å². The zero-order valence-electron chi connectivity index (χ0n) is 13.4. The Bertz CT molecular complexity index is 1070. The number of benzene rings is 1. The Kier molecular flexibility index (Phi) is 3.82. The summed E-state index contributed by atoms with van der Waals surface area (Å²) in [6.45, 7) is 4.74. The highest BCUT2D eigenvalue weighted by molar-refractivity contribution is 7.17. The molecule has 4 rings (SSSR count). The largest absolute Gasteiger partial charge is 0.293 e. The van der Waals surface area contributed by atoms with Crippen LogP contribution in [0.25, 0.3) is 21.3 Å². The van der Waals surface area contributed by atoms with E-state index in [9.17, 15) is 4.79 Å². The first kappa shape index (κ1) is 15.3. The summed E-state index contributed by atoms with van der Waals surface area (Å²) in [6.07, 6.45) is 1.66. The summed E-state index contributed by atoms with van der Waals surface area (Å²) in [7, 11) is 0.